The SMILES string of the molecule is O=C(c1ccc(O)cc1)C1CCCCO1. The Morgan fingerprint density at radius 3 is 2.60 bits per heavy atom. The average molecular weight is 206 g/mol. The van der Waals surface area contributed by atoms with E-state index in [1.54, 1.807) is 12.1 Å². The maximum Gasteiger partial charge on any atom is 0.191 e. The Labute approximate surface area is 88.7 Å². The Kier molecular flexibility index (Phi) is 3.02. The van der Waals surface area contributed by atoms with E-state index in [0.717, 1.165) is 19.3 Å². The lowest BCUT2D eigenvalue weighted by molar-refractivity contribution is 0.0186. The Morgan fingerprint density at radius 2 is 2.00 bits per heavy atom. The van der Waals surface area contributed by atoms with Crippen molar-refractivity contribution in [2.45, 2.75) is 25.4 Å². The lowest BCUT2D eigenvalue weighted by Gasteiger charge is -2.21. The quantitative estimate of drug-likeness (QED) is 0.754. The first kappa shape index (κ1) is 10.2. The van der Waals surface area contributed by atoms with E-state index in [0.29, 0.717) is 12.2 Å². The fraction of sp³-hybridized carbons (Fsp3) is 0.417. The highest BCUT2D eigenvalue weighted by Crippen LogP contribution is 2.18. The highest BCUT2D eigenvalue weighted by atomic mass is 16.5. The number of rotatable bonds is 2. The first-order valence-electron chi connectivity index (χ1n) is 5.22. The molecule has 0 bridgehead atoms. The molecule has 1 unspecified atom stereocenters. The molecule has 15 heavy (non-hydrogen) atoms. The number of ether oxygens (including phenoxy) is 1. The van der Waals surface area contributed by atoms with Crippen LogP contribution in [0.5, 0.6) is 5.75 Å². The molecule has 0 amide bonds. The van der Waals surface area contributed by atoms with Crippen LogP contribution in [0.1, 0.15) is 29.6 Å². The molecule has 0 radical (unpaired) electrons. The lowest BCUT2D eigenvalue weighted by atomic mass is 10.00. The molecular formula is C12H14O3. The molecular weight excluding hydrogens is 192 g/mol. The number of phenols is 1. The minimum atomic E-state index is -0.289. The minimum absolute atomic E-state index is 0.0229. The first-order chi connectivity index (χ1) is 7.27. The summed E-state index contributed by atoms with van der Waals surface area (Å²) in [4.78, 5) is 11.9. The highest BCUT2D eigenvalue weighted by molar-refractivity contribution is 5.99. The summed E-state index contributed by atoms with van der Waals surface area (Å²) >= 11 is 0. The maximum absolute atomic E-state index is 11.9. The van der Waals surface area contributed by atoms with Crippen molar-refractivity contribution < 1.29 is 14.6 Å². The second kappa shape index (κ2) is 4.45. The number of hydrogen-bond acceptors (Lipinski definition) is 3. The predicted molar refractivity (Wildman–Crippen MR) is 56.0 cm³/mol. The van der Waals surface area contributed by atoms with Crippen LogP contribution >= 0.6 is 0 Å². The van der Waals surface area contributed by atoms with Gasteiger partial charge in [-0.1, -0.05) is 0 Å². The lowest BCUT2D eigenvalue weighted by Crippen LogP contribution is -2.28. The molecule has 1 fully saturated rings. The van der Waals surface area contributed by atoms with Crippen LogP contribution in [0.15, 0.2) is 24.3 Å². The third-order valence-electron chi connectivity index (χ3n) is 2.62. The van der Waals surface area contributed by atoms with Gasteiger partial charge in [0.15, 0.2) is 5.78 Å². The molecule has 3 nitrogen and oxygen atoms in total. The van der Waals surface area contributed by atoms with E-state index in [9.17, 15) is 4.79 Å². The standard InChI is InChI=1S/C12H14O3/c13-10-6-4-9(5-7-10)12(14)11-3-1-2-8-15-11/h4-7,11,13H,1-3,8H2. The van der Waals surface area contributed by atoms with Crippen molar-refractivity contribution in [3.05, 3.63) is 29.8 Å². The summed E-state index contributed by atoms with van der Waals surface area (Å²) in [6.07, 6.45) is 2.61. The van der Waals surface area contributed by atoms with Crippen LogP contribution < -0.4 is 0 Å². The summed E-state index contributed by atoms with van der Waals surface area (Å²) in [7, 11) is 0. The maximum atomic E-state index is 11.9. The molecule has 1 N–H and O–H groups in total. The second-order valence-electron chi connectivity index (χ2n) is 3.77. The van der Waals surface area contributed by atoms with E-state index in [2.05, 4.69) is 0 Å². The van der Waals surface area contributed by atoms with Crippen molar-refractivity contribution in [1.29, 1.82) is 0 Å². The van der Waals surface area contributed by atoms with E-state index in [1.807, 2.05) is 0 Å². The van der Waals surface area contributed by atoms with Gasteiger partial charge in [0.25, 0.3) is 0 Å². The summed E-state index contributed by atoms with van der Waals surface area (Å²) < 4.78 is 5.41. The van der Waals surface area contributed by atoms with Crippen LogP contribution in [-0.2, 0) is 4.74 Å². The van der Waals surface area contributed by atoms with Gasteiger partial charge in [0.2, 0.25) is 0 Å². The Hall–Kier alpha value is -1.35. The zero-order valence-electron chi connectivity index (χ0n) is 8.48. The molecule has 3 heteroatoms. The van der Waals surface area contributed by atoms with Crippen molar-refractivity contribution >= 4 is 5.78 Å². The first-order valence-corrected chi connectivity index (χ1v) is 5.22. The van der Waals surface area contributed by atoms with E-state index in [1.165, 1.54) is 12.1 Å². The van der Waals surface area contributed by atoms with Gasteiger partial charge in [-0.25, -0.2) is 0 Å². The van der Waals surface area contributed by atoms with Crippen LogP contribution in [-0.4, -0.2) is 23.6 Å². The molecule has 1 aromatic rings. The molecule has 0 spiro atoms. The molecule has 80 valence electrons. The largest absolute Gasteiger partial charge is 0.508 e. The van der Waals surface area contributed by atoms with E-state index in [-0.39, 0.29) is 17.6 Å². The molecule has 1 atom stereocenters. The van der Waals surface area contributed by atoms with Gasteiger partial charge in [-0.05, 0) is 43.5 Å². The Bertz CT molecular complexity index is 336. The molecule has 1 aliphatic heterocycles. The van der Waals surface area contributed by atoms with Gasteiger partial charge in [0.05, 0.1) is 0 Å². The van der Waals surface area contributed by atoms with Crippen molar-refractivity contribution in [2.24, 2.45) is 0 Å². The Balaban J connectivity index is 2.09. The molecule has 0 saturated carbocycles. The highest BCUT2D eigenvalue weighted by Gasteiger charge is 2.22. The number of phenolic OH excluding ortho intramolecular Hbond substituents is 1. The van der Waals surface area contributed by atoms with Crippen molar-refractivity contribution in [3.63, 3.8) is 0 Å². The smallest absolute Gasteiger partial charge is 0.191 e. The molecule has 0 aromatic heterocycles. The zero-order chi connectivity index (χ0) is 10.7. The van der Waals surface area contributed by atoms with Crippen LogP contribution in [0.3, 0.4) is 0 Å². The van der Waals surface area contributed by atoms with Crippen LogP contribution in [0, 0.1) is 0 Å². The van der Waals surface area contributed by atoms with E-state index < -0.39 is 0 Å². The van der Waals surface area contributed by atoms with Gasteiger partial charge in [-0.2, -0.15) is 0 Å². The van der Waals surface area contributed by atoms with Gasteiger partial charge in [-0.3, -0.25) is 4.79 Å². The fourth-order valence-corrected chi connectivity index (χ4v) is 1.76. The van der Waals surface area contributed by atoms with Gasteiger partial charge in [0, 0.05) is 12.2 Å². The zero-order valence-corrected chi connectivity index (χ0v) is 8.48. The van der Waals surface area contributed by atoms with E-state index in [4.69, 9.17) is 9.84 Å². The molecule has 1 aliphatic rings. The van der Waals surface area contributed by atoms with Gasteiger partial charge in [-0.15, -0.1) is 0 Å². The summed E-state index contributed by atoms with van der Waals surface area (Å²) in [5, 5.41) is 9.11. The Morgan fingerprint density at radius 1 is 1.27 bits per heavy atom. The number of Topliss-reactive ketones (excluding diaryl/α,β-unsaturated/α-hetero) is 1. The molecule has 1 saturated heterocycles. The van der Waals surface area contributed by atoms with Crippen LogP contribution in [0.4, 0.5) is 0 Å². The normalized spacial score (nSPS) is 21.2. The van der Waals surface area contributed by atoms with Crippen LogP contribution in [0.2, 0.25) is 0 Å². The number of hydrogen-bond donors (Lipinski definition) is 1. The van der Waals surface area contributed by atoms with Gasteiger partial charge >= 0.3 is 0 Å². The molecule has 1 heterocycles. The summed E-state index contributed by atoms with van der Waals surface area (Å²) in [5.41, 5.74) is 0.611. The van der Waals surface area contributed by atoms with Crippen molar-refractivity contribution in [2.75, 3.05) is 6.61 Å². The number of aromatic hydroxyl groups is 1. The number of ketones is 1. The third-order valence-corrected chi connectivity index (χ3v) is 2.62. The van der Waals surface area contributed by atoms with E-state index >= 15 is 0 Å². The van der Waals surface area contributed by atoms with Crippen molar-refractivity contribution in [1.82, 2.24) is 0 Å². The summed E-state index contributed by atoms with van der Waals surface area (Å²) in [6.45, 7) is 0.675. The van der Waals surface area contributed by atoms with Gasteiger partial charge < -0.3 is 9.84 Å². The predicted octanol–water partition coefficient (Wildman–Crippen LogP) is 2.14. The minimum Gasteiger partial charge on any atom is -0.508 e. The fourth-order valence-electron chi connectivity index (χ4n) is 1.76. The molecule has 2 rings (SSSR count). The summed E-state index contributed by atoms with van der Waals surface area (Å²) in [5.74, 6) is 0.200. The third kappa shape index (κ3) is 2.36. The molecule has 1 aromatic carbocycles. The molecule has 0 aliphatic carbocycles. The van der Waals surface area contributed by atoms with Crippen LogP contribution in [0.25, 0.3) is 0 Å². The number of carbonyl (C=O) groups is 1. The van der Waals surface area contributed by atoms with Gasteiger partial charge in [0.1, 0.15) is 11.9 Å². The van der Waals surface area contributed by atoms with Crippen molar-refractivity contribution in [3.8, 4) is 5.75 Å². The number of benzene rings is 1. The monoisotopic (exact) mass is 206 g/mol. The topological polar surface area (TPSA) is 46.5 Å². The summed E-state index contributed by atoms with van der Waals surface area (Å²) in [6, 6.07) is 6.32. The second-order valence-corrected chi connectivity index (χ2v) is 3.77. The number of carbonyl (C=O) groups excluding carboxylic acids is 1. The average Bonchev–Trinajstić information content (AvgIpc) is 2.30.